The molecule has 0 aromatic heterocycles. The lowest BCUT2D eigenvalue weighted by Crippen LogP contribution is -3.00. The summed E-state index contributed by atoms with van der Waals surface area (Å²) >= 11 is 12.7. The van der Waals surface area contributed by atoms with E-state index >= 15 is 0 Å². The molecule has 0 aliphatic carbocycles. The minimum atomic E-state index is 0. The van der Waals surface area contributed by atoms with Crippen LogP contribution in [-0.2, 0) is 13.2 Å². The Morgan fingerprint density at radius 3 is 2.36 bits per heavy atom. The van der Waals surface area contributed by atoms with Crippen molar-refractivity contribution >= 4 is 23.2 Å². The molecule has 158 valence electrons. The first-order chi connectivity index (χ1) is 12.5. The molecular formula is C20H26Cl4N2O2-2. The first kappa shape index (κ1) is 27.1. The van der Waals surface area contributed by atoms with E-state index in [0.29, 0.717) is 34.8 Å². The van der Waals surface area contributed by atoms with Gasteiger partial charge in [0.05, 0.1) is 11.6 Å². The highest BCUT2D eigenvalue weighted by Crippen LogP contribution is 2.37. The molecule has 28 heavy (non-hydrogen) atoms. The van der Waals surface area contributed by atoms with Crippen molar-refractivity contribution in [3.05, 3.63) is 57.6 Å². The molecule has 2 aromatic carbocycles. The highest BCUT2D eigenvalue weighted by molar-refractivity contribution is 6.32. The Morgan fingerprint density at radius 1 is 1.00 bits per heavy atom. The molecule has 0 bridgehead atoms. The zero-order chi connectivity index (χ0) is 18.9. The maximum atomic E-state index is 6.47. The first-order valence-corrected chi connectivity index (χ1v) is 9.43. The second kappa shape index (κ2) is 14.2. The molecule has 2 aromatic rings. The Bertz CT molecular complexity index is 715. The molecule has 0 amide bonds. The average molecular weight is 468 g/mol. The fraction of sp³-hybridized carbons (Fsp3) is 0.400. The maximum Gasteiger partial charge on any atom is 0.180 e. The quantitative estimate of drug-likeness (QED) is 0.437. The molecule has 0 heterocycles. The van der Waals surface area contributed by atoms with Crippen LogP contribution in [0, 0.1) is 0 Å². The lowest BCUT2D eigenvalue weighted by Gasteiger charge is -2.16. The molecule has 1 N–H and O–H groups in total. The molecule has 0 saturated heterocycles. The van der Waals surface area contributed by atoms with E-state index in [0.717, 1.165) is 30.8 Å². The lowest BCUT2D eigenvalue weighted by atomic mass is 10.2. The van der Waals surface area contributed by atoms with E-state index in [9.17, 15) is 0 Å². The van der Waals surface area contributed by atoms with E-state index in [1.807, 2.05) is 43.3 Å². The van der Waals surface area contributed by atoms with E-state index in [1.54, 1.807) is 0 Å². The zero-order valence-electron chi connectivity index (χ0n) is 16.3. The van der Waals surface area contributed by atoms with Crippen molar-refractivity contribution in [3.63, 3.8) is 0 Å². The van der Waals surface area contributed by atoms with E-state index in [4.69, 9.17) is 32.7 Å². The monoisotopic (exact) mass is 466 g/mol. The molecular weight excluding hydrogens is 442 g/mol. The van der Waals surface area contributed by atoms with Crippen LogP contribution in [0.5, 0.6) is 11.5 Å². The molecule has 0 unspecified atom stereocenters. The fourth-order valence-electron chi connectivity index (χ4n) is 2.43. The molecule has 0 aliphatic heterocycles. The summed E-state index contributed by atoms with van der Waals surface area (Å²) in [6.45, 7) is 5.41. The van der Waals surface area contributed by atoms with Crippen molar-refractivity contribution in [3.8, 4) is 11.5 Å². The highest BCUT2D eigenvalue weighted by Gasteiger charge is 2.13. The third kappa shape index (κ3) is 8.64. The smallest absolute Gasteiger partial charge is 0.180 e. The molecule has 0 radical (unpaired) electrons. The van der Waals surface area contributed by atoms with Gasteiger partial charge in [-0.1, -0.05) is 41.4 Å². The summed E-state index contributed by atoms with van der Waals surface area (Å²) in [5.74, 6) is 1.20. The van der Waals surface area contributed by atoms with E-state index in [1.165, 1.54) is 0 Å². The summed E-state index contributed by atoms with van der Waals surface area (Å²) in [6, 6.07) is 11.5. The van der Waals surface area contributed by atoms with Crippen LogP contribution in [0.3, 0.4) is 0 Å². The topological polar surface area (TPSA) is 33.7 Å². The number of likely N-dealkylation sites (N-methyl/N-ethyl adjacent to an activating group) is 1. The predicted molar refractivity (Wildman–Crippen MR) is 109 cm³/mol. The minimum absolute atomic E-state index is 0. The standard InChI is InChI=1S/C20H26Cl2N2O2.2ClH/c1-4-25-19-12-15(13-23-9-10-24(2)3)11-18(22)20(19)26-14-16-7-5-6-8-17(16)21;;/h5-8,11-12,23H,4,9-10,13-14H2,1-3H3;2*1H/p-2. The molecule has 0 spiro atoms. The van der Waals surface area contributed by atoms with Gasteiger partial charge in [-0.05, 0) is 44.8 Å². The number of benzene rings is 2. The van der Waals surface area contributed by atoms with Crippen molar-refractivity contribution in [1.29, 1.82) is 0 Å². The van der Waals surface area contributed by atoms with Gasteiger partial charge in [-0.3, -0.25) is 0 Å². The van der Waals surface area contributed by atoms with E-state index in [2.05, 4.69) is 24.3 Å². The van der Waals surface area contributed by atoms with Gasteiger partial charge in [-0.2, -0.15) is 0 Å². The number of ether oxygens (including phenoxy) is 2. The summed E-state index contributed by atoms with van der Waals surface area (Å²) in [7, 11) is 4.10. The van der Waals surface area contributed by atoms with Crippen LogP contribution in [0.4, 0.5) is 0 Å². The molecule has 0 atom stereocenters. The normalized spacial score (nSPS) is 10.2. The van der Waals surface area contributed by atoms with Crippen molar-refractivity contribution in [1.82, 2.24) is 10.2 Å². The van der Waals surface area contributed by atoms with E-state index in [-0.39, 0.29) is 24.8 Å². The Morgan fingerprint density at radius 2 is 1.71 bits per heavy atom. The first-order valence-electron chi connectivity index (χ1n) is 8.68. The van der Waals surface area contributed by atoms with Crippen molar-refractivity contribution in [2.75, 3.05) is 33.8 Å². The second-order valence-corrected chi connectivity index (χ2v) is 7.01. The summed E-state index contributed by atoms with van der Waals surface area (Å²) in [4.78, 5) is 2.14. The molecule has 4 nitrogen and oxygen atoms in total. The van der Waals surface area contributed by atoms with Gasteiger partial charge in [-0.15, -0.1) is 0 Å². The van der Waals surface area contributed by atoms with Crippen LogP contribution in [0.25, 0.3) is 0 Å². The van der Waals surface area contributed by atoms with E-state index < -0.39 is 0 Å². The number of hydrogen-bond donors (Lipinski definition) is 1. The van der Waals surface area contributed by atoms with Crippen LogP contribution in [-0.4, -0.2) is 38.7 Å². The van der Waals surface area contributed by atoms with Gasteiger partial charge in [0, 0.05) is 30.2 Å². The van der Waals surface area contributed by atoms with Gasteiger partial charge in [0.1, 0.15) is 6.61 Å². The highest BCUT2D eigenvalue weighted by atomic mass is 35.5. The predicted octanol–water partition coefficient (Wildman–Crippen LogP) is -1.37. The molecule has 0 aliphatic rings. The number of nitrogens with zero attached hydrogens (tertiary/aromatic N) is 1. The molecule has 8 heteroatoms. The number of rotatable bonds is 10. The molecule has 0 fully saturated rings. The van der Waals surface area contributed by atoms with Crippen LogP contribution < -0.4 is 39.6 Å². The van der Waals surface area contributed by atoms with Crippen LogP contribution in [0.15, 0.2) is 36.4 Å². The Balaban J connectivity index is 0.00000364. The van der Waals surface area contributed by atoms with Gasteiger partial charge in [-0.25, -0.2) is 0 Å². The minimum Gasteiger partial charge on any atom is -1.00 e. The summed E-state index contributed by atoms with van der Waals surface area (Å²) in [5.41, 5.74) is 1.96. The largest absolute Gasteiger partial charge is 1.00 e. The maximum absolute atomic E-state index is 6.47. The Labute approximate surface area is 190 Å². The van der Waals surface area contributed by atoms with Crippen molar-refractivity contribution < 1.29 is 34.3 Å². The average Bonchev–Trinajstić information content (AvgIpc) is 2.59. The van der Waals surface area contributed by atoms with Crippen LogP contribution >= 0.6 is 23.2 Å². The van der Waals surface area contributed by atoms with Gasteiger partial charge < -0.3 is 44.5 Å². The number of nitrogens with one attached hydrogen (secondary N) is 1. The Hall–Kier alpha value is -0.880. The zero-order valence-corrected chi connectivity index (χ0v) is 19.3. The third-order valence-corrected chi connectivity index (χ3v) is 4.41. The molecule has 2 rings (SSSR count). The SMILES string of the molecule is CCOc1cc(CNCCN(C)C)cc(Cl)c1OCc1ccccc1Cl.[Cl-].[Cl-]. The van der Waals surface area contributed by atoms with Gasteiger partial charge >= 0.3 is 0 Å². The van der Waals surface area contributed by atoms with Gasteiger partial charge in [0.2, 0.25) is 0 Å². The summed E-state index contributed by atoms with van der Waals surface area (Å²) in [5, 5.41) is 4.60. The van der Waals surface area contributed by atoms with Crippen LogP contribution in [0.2, 0.25) is 10.0 Å². The summed E-state index contributed by atoms with van der Waals surface area (Å²) in [6.07, 6.45) is 0. The lowest BCUT2D eigenvalue weighted by molar-refractivity contribution is -0.00100. The van der Waals surface area contributed by atoms with Crippen molar-refractivity contribution in [2.24, 2.45) is 0 Å². The second-order valence-electron chi connectivity index (χ2n) is 6.20. The number of hydrogen-bond acceptors (Lipinski definition) is 4. The van der Waals surface area contributed by atoms with Gasteiger partial charge in [0.25, 0.3) is 0 Å². The molecule has 0 saturated carbocycles. The fourth-order valence-corrected chi connectivity index (χ4v) is 2.91. The number of halogens is 4. The Kier molecular flexibility index (Phi) is 13.7. The van der Waals surface area contributed by atoms with Gasteiger partial charge in [0.15, 0.2) is 11.5 Å². The van der Waals surface area contributed by atoms with Crippen LogP contribution in [0.1, 0.15) is 18.1 Å². The summed E-state index contributed by atoms with van der Waals surface area (Å²) < 4.78 is 11.7. The van der Waals surface area contributed by atoms with Crippen molar-refractivity contribution in [2.45, 2.75) is 20.1 Å². The third-order valence-electron chi connectivity index (χ3n) is 3.76.